The van der Waals surface area contributed by atoms with Gasteiger partial charge >= 0.3 is 0 Å². The van der Waals surface area contributed by atoms with E-state index in [0.717, 1.165) is 12.8 Å². The number of carbonyl (C=O) groups is 1. The van der Waals surface area contributed by atoms with E-state index >= 15 is 0 Å². The first kappa shape index (κ1) is 14.4. The maximum Gasteiger partial charge on any atom is 0.241 e. The van der Waals surface area contributed by atoms with Crippen LogP contribution in [0.5, 0.6) is 0 Å². The molecule has 17 heavy (non-hydrogen) atoms. The average Bonchev–Trinajstić information content (AvgIpc) is 2.29. The molecular weight excluding hydrogens is 334 g/mol. The lowest BCUT2D eigenvalue weighted by atomic mass is 10.1. The van der Waals surface area contributed by atoms with Crippen LogP contribution in [0.15, 0.2) is 18.2 Å². The number of rotatable bonds is 5. The van der Waals surface area contributed by atoms with Crippen LogP contribution in [0, 0.1) is 9.39 Å². The highest BCUT2D eigenvalue weighted by Gasteiger charge is 2.14. The SMILES string of the molecule is CCCCC(N)C(=O)Nc1ccc(F)cc1I. The first-order valence-electron chi connectivity index (χ1n) is 5.56. The summed E-state index contributed by atoms with van der Waals surface area (Å²) in [5, 5.41) is 2.71. The zero-order valence-corrected chi connectivity index (χ0v) is 11.8. The summed E-state index contributed by atoms with van der Waals surface area (Å²) in [6.07, 6.45) is 2.60. The number of amides is 1. The van der Waals surface area contributed by atoms with Crippen molar-refractivity contribution in [2.75, 3.05) is 5.32 Å². The van der Waals surface area contributed by atoms with Crippen molar-refractivity contribution in [1.29, 1.82) is 0 Å². The molecule has 0 spiro atoms. The maximum absolute atomic E-state index is 12.9. The summed E-state index contributed by atoms with van der Waals surface area (Å²) in [5.74, 6) is -0.536. The molecule has 5 heteroatoms. The molecule has 1 amide bonds. The Morgan fingerprint density at radius 2 is 2.29 bits per heavy atom. The maximum atomic E-state index is 12.9. The van der Waals surface area contributed by atoms with Crippen LogP contribution in [0.2, 0.25) is 0 Å². The van der Waals surface area contributed by atoms with Crippen LogP contribution in [0.25, 0.3) is 0 Å². The number of nitrogens with one attached hydrogen (secondary N) is 1. The van der Waals surface area contributed by atoms with Gasteiger partial charge in [0, 0.05) is 3.57 Å². The normalized spacial score (nSPS) is 12.2. The molecule has 3 nitrogen and oxygen atoms in total. The van der Waals surface area contributed by atoms with Crippen molar-refractivity contribution in [2.24, 2.45) is 5.73 Å². The molecule has 0 aliphatic rings. The van der Waals surface area contributed by atoms with E-state index in [9.17, 15) is 9.18 Å². The van der Waals surface area contributed by atoms with Gasteiger partial charge in [-0.05, 0) is 47.2 Å². The van der Waals surface area contributed by atoms with Crippen molar-refractivity contribution >= 4 is 34.2 Å². The van der Waals surface area contributed by atoms with E-state index in [1.165, 1.54) is 12.1 Å². The lowest BCUT2D eigenvalue weighted by Crippen LogP contribution is -2.35. The van der Waals surface area contributed by atoms with E-state index in [1.54, 1.807) is 6.07 Å². The minimum absolute atomic E-state index is 0.219. The van der Waals surface area contributed by atoms with E-state index in [4.69, 9.17) is 5.73 Å². The molecular formula is C12H16FIN2O. The summed E-state index contributed by atoms with van der Waals surface area (Å²) in [6.45, 7) is 2.05. The molecule has 0 aromatic heterocycles. The highest BCUT2D eigenvalue weighted by Crippen LogP contribution is 2.19. The lowest BCUT2D eigenvalue weighted by Gasteiger charge is -2.12. The van der Waals surface area contributed by atoms with Gasteiger partial charge in [0.05, 0.1) is 11.7 Å². The van der Waals surface area contributed by atoms with Crippen LogP contribution < -0.4 is 11.1 Å². The van der Waals surface area contributed by atoms with Gasteiger partial charge < -0.3 is 11.1 Å². The third kappa shape index (κ3) is 4.59. The van der Waals surface area contributed by atoms with Gasteiger partial charge in [0.2, 0.25) is 5.91 Å². The number of halogens is 2. The number of carbonyl (C=O) groups excluding carboxylic acids is 1. The van der Waals surface area contributed by atoms with E-state index in [2.05, 4.69) is 5.32 Å². The predicted molar refractivity (Wildman–Crippen MR) is 75.2 cm³/mol. The summed E-state index contributed by atoms with van der Waals surface area (Å²) in [6, 6.07) is 3.72. The minimum Gasteiger partial charge on any atom is -0.324 e. The van der Waals surface area contributed by atoms with E-state index in [0.29, 0.717) is 15.7 Å². The molecule has 1 aromatic carbocycles. The van der Waals surface area contributed by atoms with Crippen LogP contribution in [-0.2, 0) is 4.79 Å². The minimum atomic E-state index is -0.504. The molecule has 0 fully saturated rings. The lowest BCUT2D eigenvalue weighted by molar-refractivity contribution is -0.117. The largest absolute Gasteiger partial charge is 0.324 e. The van der Waals surface area contributed by atoms with Gasteiger partial charge in [0.25, 0.3) is 0 Å². The van der Waals surface area contributed by atoms with Crippen molar-refractivity contribution in [2.45, 2.75) is 32.2 Å². The number of hydrogen-bond donors (Lipinski definition) is 2. The summed E-state index contributed by atoms with van der Waals surface area (Å²) in [7, 11) is 0. The molecule has 1 atom stereocenters. The van der Waals surface area contributed by atoms with Crippen LogP contribution in [0.1, 0.15) is 26.2 Å². The molecule has 0 bridgehead atoms. The predicted octanol–water partition coefficient (Wildman–Crippen LogP) is 2.89. The molecule has 1 rings (SSSR count). The van der Waals surface area contributed by atoms with Crippen LogP contribution in [0.4, 0.5) is 10.1 Å². The molecule has 0 radical (unpaired) electrons. The Morgan fingerprint density at radius 1 is 1.59 bits per heavy atom. The number of hydrogen-bond acceptors (Lipinski definition) is 2. The smallest absolute Gasteiger partial charge is 0.241 e. The van der Waals surface area contributed by atoms with Crippen molar-refractivity contribution in [3.8, 4) is 0 Å². The molecule has 0 heterocycles. The van der Waals surface area contributed by atoms with E-state index in [-0.39, 0.29) is 11.7 Å². The molecule has 0 aliphatic heterocycles. The second kappa shape index (κ2) is 6.90. The third-order valence-electron chi connectivity index (χ3n) is 2.39. The zero-order chi connectivity index (χ0) is 12.8. The molecule has 1 aromatic rings. The molecule has 3 N–H and O–H groups in total. The fourth-order valence-electron chi connectivity index (χ4n) is 1.37. The first-order chi connectivity index (χ1) is 8.04. The topological polar surface area (TPSA) is 55.1 Å². The number of anilines is 1. The van der Waals surface area contributed by atoms with Gasteiger partial charge in [-0.2, -0.15) is 0 Å². The summed E-state index contributed by atoms with van der Waals surface area (Å²) in [4.78, 5) is 11.7. The van der Waals surface area contributed by atoms with Crippen molar-refractivity contribution in [1.82, 2.24) is 0 Å². The van der Waals surface area contributed by atoms with Crippen molar-refractivity contribution in [3.05, 3.63) is 27.6 Å². The molecule has 0 aliphatic carbocycles. The Kier molecular flexibility index (Phi) is 5.84. The standard InChI is InChI=1S/C12H16FIN2O/c1-2-3-4-10(15)12(17)16-11-6-5-8(13)7-9(11)14/h5-7,10H,2-4,15H2,1H3,(H,16,17). The second-order valence-corrected chi connectivity index (χ2v) is 5.02. The fourth-order valence-corrected chi connectivity index (χ4v) is 1.98. The number of unbranched alkanes of at least 4 members (excludes halogenated alkanes) is 1. The van der Waals surface area contributed by atoms with Crippen LogP contribution in [0.3, 0.4) is 0 Å². The Bertz CT molecular complexity index is 398. The zero-order valence-electron chi connectivity index (χ0n) is 9.67. The first-order valence-corrected chi connectivity index (χ1v) is 6.64. The number of benzene rings is 1. The van der Waals surface area contributed by atoms with Crippen LogP contribution in [-0.4, -0.2) is 11.9 Å². The number of nitrogens with two attached hydrogens (primary N) is 1. The second-order valence-electron chi connectivity index (χ2n) is 3.86. The highest BCUT2D eigenvalue weighted by molar-refractivity contribution is 14.1. The summed E-state index contributed by atoms with van der Waals surface area (Å²) in [5.41, 5.74) is 6.34. The third-order valence-corrected chi connectivity index (χ3v) is 3.29. The monoisotopic (exact) mass is 350 g/mol. The molecule has 0 saturated carbocycles. The average molecular weight is 350 g/mol. The Labute approximate surface area is 114 Å². The van der Waals surface area contributed by atoms with Gasteiger partial charge in [-0.25, -0.2) is 4.39 Å². The Hall–Kier alpha value is -0.690. The Balaban J connectivity index is 2.61. The molecule has 1 unspecified atom stereocenters. The fraction of sp³-hybridized carbons (Fsp3) is 0.417. The summed E-state index contributed by atoms with van der Waals surface area (Å²) >= 11 is 1.98. The van der Waals surface area contributed by atoms with Gasteiger partial charge in [-0.1, -0.05) is 19.8 Å². The van der Waals surface area contributed by atoms with Crippen molar-refractivity contribution < 1.29 is 9.18 Å². The molecule has 94 valence electrons. The highest BCUT2D eigenvalue weighted by atomic mass is 127. The van der Waals surface area contributed by atoms with Crippen molar-refractivity contribution in [3.63, 3.8) is 0 Å². The quantitative estimate of drug-likeness (QED) is 0.803. The van der Waals surface area contributed by atoms with Gasteiger partial charge in [0.1, 0.15) is 5.82 Å². The molecule has 0 saturated heterocycles. The Morgan fingerprint density at radius 3 is 2.88 bits per heavy atom. The van der Waals surface area contributed by atoms with Gasteiger partial charge in [0.15, 0.2) is 0 Å². The summed E-state index contributed by atoms with van der Waals surface area (Å²) < 4.78 is 13.5. The van der Waals surface area contributed by atoms with E-state index in [1.807, 2.05) is 29.5 Å². The van der Waals surface area contributed by atoms with Crippen LogP contribution >= 0.6 is 22.6 Å². The van der Waals surface area contributed by atoms with E-state index < -0.39 is 6.04 Å². The van der Waals surface area contributed by atoms with Gasteiger partial charge in [-0.3, -0.25) is 4.79 Å². The van der Waals surface area contributed by atoms with Gasteiger partial charge in [-0.15, -0.1) is 0 Å².